The van der Waals surface area contributed by atoms with Crippen LogP contribution >= 0.6 is 23.2 Å². The number of esters is 1. The lowest BCUT2D eigenvalue weighted by Crippen LogP contribution is -2.27. The van der Waals surface area contributed by atoms with Crippen LogP contribution in [0.15, 0.2) is 47.4 Å². The molecule has 3 N–H and O–H groups in total. The molecule has 2 aromatic rings. The number of carbonyl (C=O) groups is 2. The van der Waals surface area contributed by atoms with Crippen LogP contribution in [0.2, 0.25) is 10.0 Å². The van der Waals surface area contributed by atoms with E-state index in [1.165, 1.54) is 0 Å². The first kappa shape index (κ1) is 20.6. The third-order valence-electron chi connectivity index (χ3n) is 4.02. The summed E-state index contributed by atoms with van der Waals surface area (Å²) in [5.74, 6) is -1.88. The Balaban J connectivity index is 1.92. The minimum atomic E-state index is -3.94. The van der Waals surface area contributed by atoms with Crippen molar-refractivity contribution in [2.45, 2.75) is 29.9 Å². The zero-order valence-corrected chi connectivity index (χ0v) is 16.7. The summed E-state index contributed by atoms with van der Waals surface area (Å²) in [5, 5.41) is -0.249. The molecule has 148 valence electrons. The van der Waals surface area contributed by atoms with E-state index in [2.05, 4.69) is 4.72 Å². The molecule has 0 aliphatic heterocycles. The lowest BCUT2D eigenvalue weighted by Gasteiger charge is -2.16. The second kappa shape index (κ2) is 8.08. The highest BCUT2D eigenvalue weighted by molar-refractivity contribution is 7.89. The first-order valence-electron chi connectivity index (χ1n) is 8.25. The number of primary amides is 1. The van der Waals surface area contributed by atoms with E-state index in [9.17, 15) is 18.0 Å². The molecule has 1 unspecified atom stereocenters. The van der Waals surface area contributed by atoms with Gasteiger partial charge in [-0.3, -0.25) is 4.79 Å². The van der Waals surface area contributed by atoms with Gasteiger partial charge in [-0.25, -0.2) is 17.9 Å². The molecule has 1 amide bonds. The molecule has 1 fully saturated rings. The summed E-state index contributed by atoms with van der Waals surface area (Å²) in [4.78, 5) is 24.1. The smallest absolute Gasteiger partial charge is 0.340 e. The van der Waals surface area contributed by atoms with Gasteiger partial charge in [0.2, 0.25) is 16.1 Å². The fourth-order valence-corrected chi connectivity index (χ4v) is 4.62. The first-order chi connectivity index (χ1) is 13.2. The molecule has 0 aromatic heterocycles. The minimum absolute atomic E-state index is 0.114. The summed E-state index contributed by atoms with van der Waals surface area (Å²) < 4.78 is 32.6. The zero-order valence-electron chi connectivity index (χ0n) is 14.4. The number of hydrogen-bond donors (Lipinski definition) is 2. The van der Waals surface area contributed by atoms with Gasteiger partial charge >= 0.3 is 5.97 Å². The van der Waals surface area contributed by atoms with E-state index < -0.39 is 28.0 Å². The van der Waals surface area contributed by atoms with Crippen LogP contribution in [0.4, 0.5) is 0 Å². The van der Waals surface area contributed by atoms with E-state index in [1.807, 2.05) is 0 Å². The van der Waals surface area contributed by atoms with Crippen LogP contribution in [0.25, 0.3) is 0 Å². The second-order valence-electron chi connectivity index (χ2n) is 6.26. The number of sulfonamides is 1. The number of benzene rings is 2. The van der Waals surface area contributed by atoms with E-state index in [-0.39, 0.29) is 26.5 Å². The van der Waals surface area contributed by atoms with Gasteiger partial charge in [0.1, 0.15) is 4.90 Å². The Bertz CT molecular complexity index is 1020. The van der Waals surface area contributed by atoms with Crippen molar-refractivity contribution in [1.82, 2.24) is 4.72 Å². The van der Waals surface area contributed by atoms with E-state index >= 15 is 0 Å². The quantitative estimate of drug-likeness (QED) is 0.639. The first-order valence-corrected chi connectivity index (χ1v) is 10.5. The average Bonchev–Trinajstić information content (AvgIpc) is 3.43. The molecule has 1 saturated carbocycles. The summed E-state index contributed by atoms with van der Waals surface area (Å²) >= 11 is 12.1. The van der Waals surface area contributed by atoms with Crippen molar-refractivity contribution in [3.05, 3.63) is 63.6 Å². The van der Waals surface area contributed by atoms with Crippen LogP contribution in [0, 0.1) is 0 Å². The average molecular weight is 443 g/mol. The highest BCUT2D eigenvalue weighted by Gasteiger charge is 2.31. The summed E-state index contributed by atoms with van der Waals surface area (Å²) in [5.41, 5.74) is 5.47. The van der Waals surface area contributed by atoms with Gasteiger partial charge in [-0.15, -0.1) is 0 Å². The Hall–Kier alpha value is -2.13. The van der Waals surface area contributed by atoms with Gasteiger partial charge in [-0.1, -0.05) is 53.5 Å². The Morgan fingerprint density at radius 3 is 2.32 bits per heavy atom. The summed E-state index contributed by atoms with van der Waals surface area (Å²) in [6, 6.07) is 10.2. The molecule has 0 heterocycles. The molecule has 0 saturated heterocycles. The molecule has 0 spiro atoms. The van der Waals surface area contributed by atoms with E-state index in [4.69, 9.17) is 33.7 Å². The van der Waals surface area contributed by atoms with Crippen molar-refractivity contribution in [3.63, 3.8) is 0 Å². The molecular formula is C18H16Cl2N2O5S. The van der Waals surface area contributed by atoms with Crippen molar-refractivity contribution < 1.29 is 22.7 Å². The Labute approximate surface area is 171 Å². The molecule has 7 nitrogen and oxygen atoms in total. The normalized spacial score (nSPS) is 15.1. The molecule has 1 aliphatic rings. The van der Waals surface area contributed by atoms with Crippen LogP contribution in [-0.4, -0.2) is 26.3 Å². The maximum atomic E-state index is 12.6. The molecule has 0 bridgehead atoms. The van der Waals surface area contributed by atoms with E-state index in [0.29, 0.717) is 5.56 Å². The maximum absolute atomic E-state index is 12.6. The molecule has 1 aliphatic carbocycles. The van der Waals surface area contributed by atoms with Gasteiger partial charge in [0.05, 0.1) is 15.6 Å². The number of halogens is 2. The molecular weight excluding hydrogens is 427 g/mol. The Morgan fingerprint density at radius 2 is 1.75 bits per heavy atom. The van der Waals surface area contributed by atoms with Crippen LogP contribution < -0.4 is 10.5 Å². The Morgan fingerprint density at radius 1 is 1.11 bits per heavy atom. The van der Waals surface area contributed by atoms with E-state index in [0.717, 1.165) is 25.0 Å². The largest absolute Gasteiger partial charge is 0.444 e. The van der Waals surface area contributed by atoms with Crippen LogP contribution in [-0.2, 0) is 19.6 Å². The second-order valence-corrected chi connectivity index (χ2v) is 8.75. The molecule has 10 heteroatoms. The Kier molecular flexibility index (Phi) is 5.95. The molecule has 3 rings (SSSR count). The fraction of sp³-hybridized carbons (Fsp3) is 0.222. The standard InChI is InChI=1S/C18H16Cl2N2O5S/c19-13-9-14(20)15(28(25,26)22-11-6-7-11)8-12(13)18(24)27-16(17(21)23)10-4-2-1-3-5-10/h1-5,8-9,11,16,22H,6-7H2,(H2,21,23). The molecule has 28 heavy (non-hydrogen) atoms. The SMILES string of the molecule is NC(=O)C(OC(=O)c1cc(S(=O)(=O)NC2CC2)c(Cl)cc1Cl)c1ccccc1. The van der Waals surface area contributed by atoms with Crippen LogP contribution in [0.1, 0.15) is 34.9 Å². The molecule has 2 aromatic carbocycles. The van der Waals surface area contributed by atoms with Crippen molar-refractivity contribution >= 4 is 45.1 Å². The minimum Gasteiger partial charge on any atom is -0.444 e. The lowest BCUT2D eigenvalue weighted by atomic mass is 10.1. The van der Waals surface area contributed by atoms with Crippen LogP contribution in [0.3, 0.4) is 0 Å². The zero-order chi connectivity index (χ0) is 20.5. The predicted molar refractivity (Wildman–Crippen MR) is 104 cm³/mol. The highest BCUT2D eigenvalue weighted by Crippen LogP contribution is 2.32. The third kappa shape index (κ3) is 4.64. The van der Waals surface area contributed by atoms with Gasteiger partial charge in [0.15, 0.2) is 0 Å². The van der Waals surface area contributed by atoms with Crippen molar-refractivity contribution in [1.29, 1.82) is 0 Å². The monoisotopic (exact) mass is 442 g/mol. The van der Waals surface area contributed by atoms with Gasteiger partial charge in [0, 0.05) is 11.6 Å². The van der Waals surface area contributed by atoms with Crippen molar-refractivity contribution in [2.75, 3.05) is 0 Å². The maximum Gasteiger partial charge on any atom is 0.340 e. The predicted octanol–water partition coefficient (Wildman–Crippen LogP) is 2.82. The van der Waals surface area contributed by atoms with Gasteiger partial charge in [-0.2, -0.15) is 0 Å². The number of nitrogens with one attached hydrogen (secondary N) is 1. The fourth-order valence-electron chi connectivity index (χ4n) is 2.46. The van der Waals surface area contributed by atoms with Crippen molar-refractivity contribution in [3.8, 4) is 0 Å². The number of carbonyl (C=O) groups excluding carboxylic acids is 2. The summed E-state index contributed by atoms with van der Waals surface area (Å²) in [6.07, 6.45) is 0.109. The van der Waals surface area contributed by atoms with E-state index in [1.54, 1.807) is 30.3 Å². The number of amides is 1. The van der Waals surface area contributed by atoms with Crippen LogP contribution in [0.5, 0.6) is 0 Å². The van der Waals surface area contributed by atoms with Crippen molar-refractivity contribution in [2.24, 2.45) is 5.73 Å². The number of hydrogen-bond acceptors (Lipinski definition) is 5. The molecule has 0 radical (unpaired) electrons. The summed E-state index contributed by atoms with van der Waals surface area (Å²) in [7, 11) is -3.94. The number of rotatable bonds is 7. The lowest BCUT2D eigenvalue weighted by molar-refractivity contribution is -0.127. The highest BCUT2D eigenvalue weighted by atomic mass is 35.5. The van der Waals surface area contributed by atoms with Gasteiger partial charge in [0.25, 0.3) is 5.91 Å². The number of nitrogens with two attached hydrogens (primary N) is 1. The van der Waals surface area contributed by atoms with Gasteiger partial charge in [-0.05, 0) is 25.0 Å². The topological polar surface area (TPSA) is 116 Å². The third-order valence-corrected chi connectivity index (χ3v) is 6.31. The molecule has 1 atom stereocenters. The van der Waals surface area contributed by atoms with Gasteiger partial charge < -0.3 is 10.5 Å². The summed E-state index contributed by atoms with van der Waals surface area (Å²) in [6.45, 7) is 0. The number of ether oxygens (including phenoxy) is 1.